The summed E-state index contributed by atoms with van der Waals surface area (Å²) in [6.07, 6.45) is 15.8. The van der Waals surface area contributed by atoms with Crippen LogP contribution in [0.2, 0.25) is 0 Å². The van der Waals surface area contributed by atoms with Gasteiger partial charge in [-0.1, -0.05) is 0 Å². The van der Waals surface area contributed by atoms with Crippen LogP contribution in [0.4, 0.5) is 5.95 Å². The lowest BCUT2D eigenvalue weighted by Gasteiger charge is -2.30. The number of nitrogens with one attached hydrogen (secondary N) is 2. The third kappa shape index (κ3) is 3.49. The molecule has 6 rings (SSSR count). The molecular weight excluding hydrogens is 402 g/mol. The third-order valence-electron chi connectivity index (χ3n) is 6.96. The number of fused-ring (bicyclic) bond motifs is 2. The zero-order valence-electron chi connectivity index (χ0n) is 18.0. The molecule has 1 aliphatic heterocycles. The van der Waals surface area contributed by atoms with Crippen molar-refractivity contribution in [3.63, 3.8) is 0 Å². The number of aromatic amines is 1. The van der Waals surface area contributed by atoms with Crippen molar-refractivity contribution in [2.75, 3.05) is 18.4 Å². The highest BCUT2D eigenvalue weighted by Gasteiger charge is 2.30. The van der Waals surface area contributed by atoms with E-state index < -0.39 is 0 Å². The van der Waals surface area contributed by atoms with Gasteiger partial charge < -0.3 is 19.6 Å². The Balaban J connectivity index is 1.14. The van der Waals surface area contributed by atoms with E-state index in [2.05, 4.69) is 37.4 Å². The van der Waals surface area contributed by atoms with Gasteiger partial charge in [0.2, 0.25) is 11.9 Å². The normalized spacial score (nSPS) is 21.4. The average Bonchev–Trinajstić information content (AvgIpc) is 3.59. The number of H-pyrrole nitrogens is 1. The van der Waals surface area contributed by atoms with E-state index in [4.69, 9.17) is 4.98 Å². The molecule has 1 saturated heterocycles. The number of aromatic nitrogens is 5. The number of amides is 1. The van der Waals surface area contributed by atoms with Crippen molar-refractivity contribution >= 4 is 28.5 Å². The van der Waals surface area contributed by atoms with Gasteiger partial charge in [0.25, 0.3) is 0 Å². The number of hydrogen-bond acceptors (Lipinski definition) is 5. The molecule has 0 atom stereocenters. The fourth-order valence-electron chi connectivity index (χ4n) is 5.16. The minimum Gasteiger partial charge on any atom is -0.351 e. The van der Waals surface area contributed by atoms with E-state index in [1.807, 2.05) is 29.1 Å². The van der Waals surface area contributed by atoms with Crippen LogP contribution in [-0.2, 0) is 4.79 Å². The Morgan fingerprint density at radius 3 is 2.78 bits per heavy atom. The third-order valence-corrected chi connectivity index (χ3v) is 6.96. The first-order valence-electron chi connectivity index (χ1n) is 11.6. The van der Waals surface area contributed by atoms with E-state index in [0.717, 1.165) is 79.4 Å². The van der Waals surface area contributed by atoms with Gasteiger partial charge in [0, 0.05) is 72.5 Å². The first kappa shape index (κ1) is 19.3. The van der Waals surface area contributed by atoms with E-state index in [0.29, 0.717) is 17.9 Å². The van der Waals surface area contributed by atoms with Gasteiger partial charge in [0.05, 0.1) is 0 Å². The van der Waals surface area contributed by atoms with E-state index in [-0.39, 0.29) is 5.92 Å². The van der Waals surface area contributed by atoms with Crippen LogP contribution >= 0.6 is 0 Å². The predicted molar refractivity (Wildman–Crippen MR) is 123 cm³/mol. The fraction of sp³-hybridized carbons (Fsp3) is 0.417. The number of carbonyl (C=O) groups is 1. The molecule has 0 bridgehead atoms. The van der Waals surface area contributed by atoms with Crippen molar-refractivity contribution < 1.29 is 4.79 Å². The molecule has 8 nitrogen and oxygen atoms in total. The molecule has 5 heterocycles. The maximum atomic E-state index is 12.7. The Morgan fingerprint density at radius 1 is 1.09 bits per heavy atom. The Labute approximate surface area is 186 Å². The predicted octanol–water partition coefficient (Wildman–Crippen LogP) is 3.87. The Kier molecular flexibility index (Phi) is 4.78. The van der Waals surface area contributed by atoms with Gasteiger partial charge in [-0.25, -0.2) is 9.97 Å². The Hall–Kier alpha value is -3.42. The van der Waals surface area contributed by atoms with Crippen LogP contribution in [0.1, 0.15) is 38.5 Å². The number of pyridine rings is 1. The number of rotatable bonds is 4. The van der Waals surface area contributed by atoms with Gasteiger partial charge >= 0.3 is 0 Å². The lowest BCUT2D eigenvalue weighted by Crippen LogP contribution is -2.37. The Morgan fingerprint density at radius 2 is 1.94 bits per heavy atom. The van der Waals surface area contributed by atoms with Gasteiger partial charge in [0.1, 0.15) is 11.3 Å². The van der Waals surface area contributed by atoms with E-state index >= 15 is 0 Å². The first-order valence-corrected chi connectivity index (χ1v) is 11.6. The molecule has 1 amide bonds. The maximum absolute atomic E-state index is 12.7. The van der Waals surface area contributed by atoms with Crippen molar-refractivity contribution in [3.8, 4) is 11.1 Å². The van der Waals surface area contributed by atoms with Crippen LogP contribution < -0.4 is 5.32 Å². The lowest BCUT2D eigenvalue weighted by molar-refractivity contribution is -0.135. The van der Waals surface area contributed by atoms with Crippen LogP contribution in [0.25, 0.3) is 27.8 Å². The van der Waals surface area contributed by atoms with Gasteiger partial charge in [-0.05, 0) is 50.7 Å². The summed E-state index contributed by atoms with van der Waals surface area (Å²) >= 11 is 0. The summed E-state index contributed by atoms with van der Waals surface area (Å²) in [5.41, 5.74) is 3.91. The molecule has 0 spiro atoms. The molecule has 32 heavy (non-hydrogen) atoms. The van der Waals surface area contributed by atoms with Gasteiger partial charge in [-0.15, -0.1) is 0 Å². The molecule has 0 aromatic carbocycles. The van der Waals surface area contributed by atoms with Crippen LogP contribution in [-0.4, -0.2) is 54.3 Å². The van der Waals surface area contributed by atoms with Gasteiger partial charge in [-0.2, -0.15) is 4.98 Å². The monoisotopic (exact) mass is 429 g/mol. The standard InChI is InChI=1S/C24H27N7O/c32-23(30-10-1-2-11-30)16-3-6-18(7-4-16)28-24-27-14-20-19(13-26-22(20)29-24)17-5-8-21-25-9-12-31(21)15-17/h5,8-9,12-16,18H,1-4,6-7,10-11H2,(H2,26,27,28,29)/t16-,18+. The molecule has 164 valence electrons. The van der Waals surface area contributed by atoms with Crippen molar-refractivity contribution in [2.24, 2.45) is 5.92 Å². The number of anilines is 1. The molecule has 2 aliphatic rings. The quantitative estimate of drug-likeness (QED) is 0.514. The molecule has 0 unspecified atom stereocenters. The van der Waals surface area contributed by atoms with Gasteiger partial charge in [0.15, 0.2) is 0 Å². The van der Waals surface area contributed by atoms with E-state index in [1.54, 1.807) is 6.20 Å². The number of likely N-dealkylation sites (tertiary alicyclic amines) is 1. The molecular formula is C24H27N7O. The SMILES string of the molecule is O=C([C@H]1CC[C@@H](Nc2ncc3c(-c4ccc5nccn5c4)c[nH]c3n2)CC1)N1CCCC1. The Bertz CT molecular complexity index is 1260. The minimum atomic E-state index is 0.188. The molecule has 4 aromatic heterocycles. The highest BCUT2D eigenvalue weighted by molar-refractivity contribution is 5.93. The van der Waals surface area contributed by atoms with E-state index in [1.165, 1.54) is 0 Å². The van der Waals surface area contributed by atoms with Crippen molar-refractivity contribution in [1.29, 1.82) is 0 Å². The van der Waals surface area contributed by atoms with Crippen LogP contribution in [0.5, 0.6) is 0 Å². The second-order valence-electron chi connectivity index (χ2n) is 8.99. The van der Waals surface area contributed by atoms with Crippen LogP contribution in [0.15, 0.2) is 43.1 Å². The van der Waals surface area contributed by atoms with Crippen molar-refractivity contribution in [3.05, 3.63) is 43.1 Å². The zero-order valence-corrected chi connectivity index (χ0v) is 18.0. The second-order valence-corrected chi connectivity index (χ2v) is 8.99. The second kappa shape index (κ2) is 7.93. The molecule has 4 aromatic rings. The van der Waals surface area contributed by atoms with Crippen molar-refractivity contribution in [2.45, 2.75) is 44.6 Å². The summed E-state index contributed by atoms with van der Waals surface area (Å²) in [4.78, 5) is 31.6. The summed E-state index contributed by atoms with van der Waals surface area (Å²) in [6.45, 7) is 1.89. The zero-order chi connectivity index (χ0) is 21.5. The fourth-order valence-corrected chi connectivity index (χ4v) is 5.16. The lowest BCUT2D eigenvalue weighted by atomic mass is 9.85. The van der Waals surface area contributed by atoms with Crippen LogP contribution in [0, 0.1) is 5.92 Å². The summed E-state index contributed by atoms with van der Waals surface area (Å²) in [6, 6.07) is 4.39. The topological polar surface area (TPSA) is 91.2 Å². The molecule has 2 N–H and O–H groups in total. The van der Waals surface area contributed by atoms with Crippen molar-refractivity contribution in [1.82, 2.24) is 29.2 Å². The molecule has 1 aliphatic carbocycles. The minimum absolute atomic E-state index is 0.188. The van der Waals surface area contributed by atoms with Gasteiger partial charge in [-0.3, -0.25) is 4.79 Å². The van der Waals surface area contributed by atoms with Crippen LogP contribution in [0.3, 0.4) is 0 Å². The molecule has 1 saturated carbocycles. The average molecular weight is 430 g/mol. The molecule has 0 radical (unpaired) electrons. The summed E-state index contributed by atoms with van der Waals surface area (Å²) < 4.78 is 2.01. The number of carbonyl (C=O) groups excluding carboxylic acids is 1. The largest absolute Gasteiger partial charge is 0.351 e. The first-order chi connectivity index (χ1) is 15.7. The molecule has 8 heteroatoms. The molecule has 2 fully saturated rings. The summed E-state index contributed by atoms with van der Waals surface area (Å²) in [5, 5.41) is 4.49. The number of imidazole rings is 1. The van der Waals surface area contributed by atoms with E-state index in [9.17, 15) is 4.79 Å². The highest BCUT2D eigenvalue weighted by atomic mass is 16.2. The number of hydrogen-bond donors (Lipinski definition) is 2. The smallest absolute Gasteiger partial charge is 0.225 e. The maximum Gasteiger partial charge on any atom is 0.225 e. The summed E-state index contributed by atoms with van der Waals surface area (Å²) in [5.74, 6) is 1.20. The number of nitrogens with zero attached hydrogens (tertiary/aromatic N) is 5. The summed E-state index contributed by atoms with van der Waals surface area (Å²) in [7, 11) is 0. The highest BCUT2D eigenvalue weighted by Crippen LogP contribution is 2.30.